The first kappa shape index (κ1) is 10.0. The molecule has 0 aliphatic heterocycles. The normalized spacial score (nSPS) is 9.93. The maximum absolute atomic E-state index is 10.2. The third-order valence-corrected chi connectivity index (χ3v) is 1.65. The zero-order valence-corrected chi connectivity index (χ0v) is 7.47. The third-order valence-electron chi connectivity index (χ3n) is 1.65. The number of carboxylic acids is 1. The van der Waals surface area contributed by atoms with Gasteiger partial charge in [-0.05, 0) is 17.2 Å². The summed E-state index contributed by atoms with van der Waals surface area (Å²) in [6, 6.07) is 9.26. The van der Waals surface area contributed by atoms with Crippen LogP contribution in [0.3, 0.4) is 0 Å². The highest BCUT2D eigenvalue weighted by Gasteiger charge is 1.93. The van der Waals surface area contributed by atoms with Crippen molar-refractivity contribution in [3.05, 3.63) is 41.5 Å². The summed E-state index contributed by atoms with van der Waals surface area (Å²) in [6.45, 7) is 0. The number of carboxylic acid groups (broad SMARTS) is 1. The molecule has 14 heavy (non-hydrogen) atoms. The number of carbonyl (C=O) groups is 1. The van der Waals surface area contributed by atoms with Crippen molar-refractivity contribution in [2.75, 3.05) is 0 Å². The molecule has 1 aromatic carbocycles. The quantitative estimate of drug-likeness (QED) is 0.734. The number of hydrogen-bond acceptors (Lipinski definition) is 2. The molecule has 70 valence electrons. The summed E-state index contributed by atoms with van der Waals surface area (Å²) < 4.78 is 0. The Kier molecular flexibility index (Phi) is 3.45. The molecule has 0 atom stereocenters. The molecule has 1 N–H and O–H groups in total. The van der Waals surface area contributed by atoms with Crippen molar-refractivity contribution in [1.82, 2.24) is 0 Å². The van der Waals surface area contributed by atoms with Crippen LogP contribution in [0.25, 0.3) is 6.08 Å². The molecule has 0 unspecified atom stereocenters. The second kappa shape index (κ2) is 4.83. The van der Waals surface area contributed by atoms with Crippen molar-refractivity contribution >= 4 is 12.0 Å². The Bertz CT molecular complexity index is 402. The Hall–Kier alpha value is -2.08. The van der Waals surface area contributed by atoms with E-state index in [2.05, 4.69) is 0 Å². The zero-order valence-electron chi connectivity index (χ0n) is 7.47. The lowest BCUT2D eigenvalue weighted by molar-refractivity contribution is -0.131. The molecule has 1 rings (SSSR count). The highest BCUT2D eigenvalue weighted by Crippen LogP contribution is 2.07. The monoisotopic (exact) mass is 187 g/mol. The summed E-state index contributed by atoms with van der Waals surface area (Å²) in [5, 5.41) is 16.9. The Balaban J connectivity index is 2.84. The van der Waals surface area contributed by atoms with Crippen LogP contribution in [0.1, 0.15) is 11.1 Å². The van der Waals surface area contributed by atoms with Gasteiger partial charge in [0, 0.05) is 6.08 Å². The molecule has 0 aliphatic carbocycles. The summed E-state index contributed by atoms with van der Waals surface area (Å²) >= 11 is 0. The molecule has 0 aliphatic rings. The number of benzene rings is 1. The largest absolute Gasteiger partial charge is 0.478 e. The highest BCUT2D eigenvalue weighted by atomic mass is 16.4. The Morgan fingerprint density at radius 3 is 3.00 bits per heavy atom. The average molecular weight is 187 g/mol. The summed E-state index contributed by atoms with van der Waals surface area (Å²) in [4.78, 5) is 10.2. The van der Waals surface area contributed by atoms with E-state index in [4.69, 9.17) is 10.4 Å². The van der Waals surface area contributed by atoms with Gasteiger partial charge in [0.25, 0.3) is 0 Å². The lowest BCUT2D eigenvalue weighted by atomic mass is 10.1. The van der Waals surface area contributed by atoms with Crippen LogP contribution in [-0.4, -0.2) is 11.1 Å². The molecule has 0 bridgehead atoms. The van der Waals surface area contributed by atoms with Crippen LogP contribution in [0, 0.1) is 11.3 Å². The van der Waals surface area contributed by atoms with Gasteiger partial charge >= 0.3 is 5.97 Å². The first-order valence-corrected chi connectivity index (χ1v) is 4.09. The van der Waals surface area contributed by atoms with E-state index >= 15 is 0 Å². The maximum atomic E-state index is 10.2. The van der Waals surface area contributed by atoms with Gasteiger partial charge < -0.3 is 5.11 Å². The van der Waals surface area contributed by atoms with E-state index in [-0.39, 0.29) is 0 Å². The van der Waals surface area contributed by atoms with Gasteiger partial charge in [0.05, 0.1) is 12.5 Å². The molecule has 3 heteroatoms. The van der Waals surface area contributed by atoms with E-state index in [1.807, 2.05) is 12.1 Å². The molecule has 0 radical (unpaired) electrons. The van der Waals surface area contributed by atoms with Crippen molar-refractivity contribution < 1.29 is 9.90 Å². The molecule has 3 nitrogen and oxygen atoms in total. The highest BCUT2D eigenvalue weighted by molar-refractivity contribution is 5.85. The smallest absolute Gasteiger partial charge is 0.328 e. The standard InChI is InChI=1S/C11H9NO2/c12-7-6-10-3-1-2-9(8-10)4-5-11(13)14/h1-5,8H,6H2,(H,13,14)/b5-4+. The minimum absolute atomic E-state index is 0.342. The van der Waals surface area contributed by atoms with Gasteiger partial charge in [-0.2, -0.15) is 5.26 Å². The number of nitriles is 1. The van der Waals surface area contributed by atoms with Crippen LogP contribution < -0.4 is 0 Å². The Morgan fingerprint density at radius 1 is 1.57 bits per heavy atom. The third kappa shape index (κ3) is 3.11. The number of aliphatic carboxylic acids is 1. The minimum atomic E-state index is -0.976. The molecule has 0 fully saturated rings. The molecule has 1 aromatic rings. The van der Waals surface area contributed by atoms with Crippen molar-refractivity contribution in [3.63, 3.8) is 0 Å². The molecule has 0 spiro atoms. The number of rotatable bonds is 3. The fourth-order valence-corrected chi connectivity index (χ4v) is 1.07. The van der Waals surface area contributed by atoms with Gasteiger partial charge in [-0.15, -0.1) is 0 Å². The molecular formula is C11H9NO2. The summed E-state index contributed by atoms with van der Waals surface area (Å²) in [5.41, 5.74) is 1.68. The van der Waals surface area contributed by atoms with E-state index in [1.165, 1.54) is 6.08 Å². The van der Waals surface area contributed by atoms with Gasteiger partial charge in [0.2, 0.25) is 0 Å². The van der Waals surface area contributed by atoms with Crippen LogP contribution in [0.2, 0.25) is 0 Å². The first-order chi connectivity index (χ1) is 6.72. The van der Waals surface area contributed by atoms with E-state index in [1.54, 1.807) is 18.2 Å². The van der Waals surface area contributed by atoms with Crippen molar-refractivity contribution in [2.45, 2.75) is 6.42 Å². The summed E-state index contributed by atoms with van der Waals surface area (Å²) in [5.74, 6) is -0.976. The molecular weight excluding hydrogens is 178 g/mol. The fourth-order valence-electron chi connectivity index (χ4n) is 1.07. The Morgan fingerprint density at radius 2 is 2.36 bits per heavy atom. The van der Waals surface area contributed by atoms with E-state index in [9.17, 15) is 4.79 Å². The SMILES string of the molecule is N#CCc1cccc(/C=C/C(=O)O)c1. The zero-order chi connectivity index (χ0) is 10.4. The number of hydrogen-bond donors (Lipinski definition) is 1. The second-order valence-electron chi connectivity index (χ2n) is 2.75. The van der Waals surface area contributed by atoms with Gasteiger partial charge in [-0.25, -0.2) is 4.79 Å². The van der Waals surface area contributed by atoms with Gasteiger partial charge in [-0.3, -0.25) is 0 Å². The van der Waals surface area contributed by atoms with E-state index in [0.29, 0.717) is 6.42 Å². The van der Waals surface area contributed by atoms with Gasteiger partial charge in [0.15, 0.2) is 0 Å². The molecule has 0 heterocycles. The molecule has 0 aromatic heterocycles. The van der Waals surface area contributed by atoms with E-state index in [0.717, 1.165) is 17.2 Å². The van der Waals surface area contributed by atoms with Crippen LogP contribution in [0.15, 0.2) is 30.3 Å². The number of nitrogens with zero attached hydrogens (tertiary/aromatic N) is 1. The molecule has 0 amide bonds. The average Bonchev–Trinajstić information content (AvgIpc) is 2.16. The lowest BCUT2D eigenvalue weighted by Gasteiger charge is -1.96. The lowest BCUT2D eigenvalue weighted by Crippen LogP contribution is -1.86. The van der Waals surface area contributed by atoms with Crippen LogP contribution >= 0.6 is 0 Å². The first-order valence-electron chi connectivity index (χ1n) is 4.09. The molecule has 0 saturated heterocycles. The Labute approximate surface area is 81.9 Å². The second-order valence-corrected chi connectivity index (χ2v) is 2.75. The van der Waals surface area contributed by atoms with E-state index < -0.39 is 5.97 Å². The predicted octanol–water partition coefficient (Wildman–Crippen LogP) is 1.85. The van der Waals surface area contributed by atoms with Crippen molar-refractivity contribution in [1.29, 1.82) is 5.26 Å². The molecule has 0 saturated carbocycles. The van der Waals surface area contributed by atoms with Gasteiger partial charge in [0.1, 0.15) is 0 Å². The van der Waals surface area contributed by atoms with Gasteiger partial charge in [-0.1, -0.05) is 24.3 Å². The topological polar surface area (TPSA) is 61.1 Å². The fraction of sp³-hybridized carbons (Fsp3) is 0.0909. The minimum Gasteiger partial charge on any atom is -0.478 e. The van der Waals surface area contributed by atoms with Crippen LogP contribution in [0.4, 0.5) is 0 Å². The predicted molar refractivity (Wildman–Crippen MR) is 52.4 cm³/mol. The van der Waals surface area contributed by atoms with Crippen LogP contribution in [-0.2, 0) is 11.2 Å². The summed E-state index contributed by atoms with van der Waals surface area (Å²) in [6.07, 6.45) is 2.92. The van der Waals surface area contributed by atoms with Crippen LogP contribution in [0.5, 0.6) is 0 Å². The summed E-state index contributed by atoms with van der Waals surface area (Å²) in [7, 11) is 0. The van der Waals surface area contributed by atoms with Crippen molar-refractivity contribution in [2.24, 2.45) is 0 Å². The van der Waals surface area contributed by atoms with Crippen molar-refractivity contribution in [3.8, 4) is 6.07 Å². The maximum Gasteiger partial charge on any atom is 0.328 e.